The molecule has 166 valence electrons. The van der Waals surface area contributed by atoms with E-state index in [2.05, 4.69) is 15.6 Å². The number of para-hydroxylation sites is 1. The first-order chi connectivity index (χ1) is 14.8. The lowest BCUT2D eigenvalue weighted by atomic mass is 10.1. The number of carbonyl (C=O) groups excluding carboxylic acids is 2. The van der Waals surface area contributed by atoms with Crippen molar-refractivity contribution >= 4 is 17.5 Å². The number of aryl methyl sites for hydroxylation is 1. The molecular weight excluding hydrogens is 404 g/mol. The zero-order chi connectivity index (χ0) is 22.5. The molecule has 0 aliphatic carbocycles. The van der Waals surface area contributed by atoms with Gasteiger partial charge in [-0.25, -0.2) is 4.79 Å². The van der Waals surface area contributed by atoms with E-state index in [1.807, 2.05) is 0 Å². The van der Waals surface area contributed by atoms with Gasteiger partial charge in [0.15, 0.2) is 0 Å². The molecule has 1 fully saturated rings. The first-order valence-corrected chi connectivity index (χ1v) is 10.1. The molecule has 10 heteroatoms. The standard InChI is InChI=1S/C21H26N4O6/c1-3-13-11-25(21(30)24-20(13)29)19-9-16(27)17(31-19)10-22-18(28)8-14-6-4-5-7-15(14)23-12(2)26/h4-7,11,16-17,19,27H,3,8-10H2,1-2H3,(H,22,28)(H,23,26)(H,24,29,30)/t16?,17-,19-/m0/s1. The Morgan fingerprint density at radius 2 is 2.00 bits per heavy atom. The predicted molar refractivity (Wildman–Crippen MR) is 113 cm³/mol. The molecule has 1 aromatic heterocycles. The fraction of sp³-hybridized carbons (Fsp3) is 0.429. The van der Waals surface area contributed by atoms with Gasteiger partial charge in [0.25, 0.3) is 5.56 Å². The smallest absolute Gasteiger partial charge is 0.330 e. The van der Waals surface area contributed by atoms with Gasteiger partial charge in [-0.15, -0.1) is 0 Å². The average molecular weight is 430 g/mol. The van der Waals surface area contributed by atoms with Gasteiger partial charge in [0.1, 0.15) is 12.3 Å². The summed E-state index contributed by atoms with van der Waals surface area (Å²) in [6, 6.07) is 6.99. The van der Waals surface area contributed by atoms with E-state index in [0.29, 0.717) is 23.2 Å². The van der Waals surface area contributed by atoms with E-state index in [9.17, 15) is 24.3 Å². The normalized spacial score (nSPS) is 20.4. The van der Waals surface area contributed by atoms with Crippen molar-refractivity contribution in [3.05, 3.63) is 62.4 Å². The summed E-state index contributed by atoms with van der Waals surface area (Å²) in [6.07, 6.45) is -0.248. The van der Waals surface area contributed by atoms with Gasteiger partial charge >= 0.3 is 5.69 Å². The van der Waals surface area contributed by atoms with Crippen molar-refractivity contribution in [1.82, 2.24) is 14.9 Å². The lowest BCUT2D eigenvalue weighted by molar-refractivity contribution is -0.121. The van der Waals surface area contributed by atoms with Crippen LogP contribution in [-0.4, -0.2) is 45.2 Å². The number of benzene rings is 1. The van der Waals surface area contributed by atoms with Crippen LogP contribution in [0.1, 0.15) is 37.6 Å². The molecule has 1 aliphatic rings. The van der Waals surface area contributed by atoms with E-state index in [0.717, 1.165) is 0 Å². The Balaban J connectivity index is 1.61. The fourth-order valence-electron chi connectivity index (χ4n) is 3.50. The summed E-state index contributed by atoms with van der Waals surface area (Å²) in [5.41, 5.74) is 0.607. The number of nitrogens with zero attached hydrogens (tertiary/aromatic N) is 1. The quantitative estimate of drug-likeness (QED) is 0.489. The number of aliphatic hydroxyl groups is 1. The Kier molecular flexibility index (Phi) is 7.03. The summed E-state index contributed by atoms with van der Waals surface area (Å²) in [5.74, 6) is -0.531. The summed E-state index contributed by atoms with van der Waals surface area (Å²) in [4.78, 5) is 49.8. The number of aromatic nitrogens is 2. The lowest BCUT2D eigenvalue weighted by Gasteiger charge is -2.17. The topological polar surface area (TPSA) is 143 Å². The van der Waals surface area contributed by atoms with Crippen LogP contribution in [0.25, 0.3) is 0 Å². The number of rotatable bonds is 7. The molecule has 2 heterocycles. The van der Waals surface area contributed by atoms with Crippen molar-refractivity contribution in [2.24, 2.45) is 0 Å². The Hall–Kier alpha value is -3.24. The summed E-state index contributed by atoms with van der Waals surface area (Å²) < 4.78 is 7.03. The van der Waals surface area contributed by atoms with Gasteiger partial charge < -0.3 is 20.5 Å². The van der Waals surface area contributed by atoms with Crippen LogP contribution in [0.15, 0.2) is 40.1 Å². The van der Waals surface area contributed by atoms with Crippen molar-refractivity contribution in [3.63, 3.8) is 0 Å². The van der Waals surface area contributed by atoms with Gasteiger partial charge in [-0.1, -0.05) is 25.1 Å². The Morgan fingerprint density at radius 1 is 1.26 bits per heavy atom. The fourth-order valence-corrected chi connectivity index (χ4v) is 3.50. The minimum Gasteiger partial charge on any atom is -0.390 e. The molecule has 31 heavy (non-hydrogen) atoms. The van der Waals surface area contributed by atoms with Crippen LogP contribution in [0.3, 0.4) is 0 Å². The first-order valence-electron chi connectivity index (χ1n) is 10.1. The predicted octanol–water partition coefficient (Wildman–Crippen LogP) is 0.0647. The molecular formula is C21H26N4O6. The first kappa shape index (κ1) is 22.4. The maximum absolute atomic E-state index is 12.4. The highest BCUT2D eigenvalue weighted by molar-refractivity contribution is 5.91. The number of hydrogen-bond acceptors (Lipinski definition) is 6. The van der Waals surface area contributed by atoms with Crippen molar-refractivity contribution in [2.75, 3.05) is 11.9 Å². The molecule has 2 aromatic rings. The number of anilines is 1. The van der Waals surface area contributed by atoms with Gasteiger partial charge in [-0.2, -0.15) is 0 Å². The number of carbonyl (C=O) groups is 2. The molecule has 3 rings (SSSR count). The summed E-state index contributed by atoms with van der Waals surface area (Å²) in [7, 11) is 0. The third-order valence-electron chi connectivity index (χ3n) is 5.12. The average Bonchev–Trinajstić information content (AvgIpc) is 3.08. The number of ether oxygens (including phenoxy) is 1. The van der Waals surface area contributed by atoms with Crippen molar-refractivity contribution in [3.8, 4) is 0 Å². The molecule has 2 amide bonds. The Bertz CT molecular complexity index is 1080. The van der Waals surface area contributed by atoms with Crippen LogP contribution in [-0.2, 0) is 27.2 Å². The maximum atomic E-state index is 12.4. The molecule has 0 saturated carbocycles. The number of aliphatic hydroxyl groups excluding tert-OH is 1. The minimum atomic E-state index is -0.888. The maximum Gasteiger partial charge on any atom is 0.330 e. The van der Waals surface area contributed by atoms with E-state index in [1.165, 1.54) is 17.7 Å². The van der Waals surface area contributed by atoms with Crippen molar-refractivity contribution in [2.45, 2.75) is 51.5 Å². The molecule has 0 spiro atoms. The van der Waals surface area contributed by atoms with Crippen molar-refractivity contribution < 1.29 is 19.4 Å². The molecule has 1 saturated heterocycles. The molecule has 1 unspecified atom stereocenters. The molecule has 0 radical (unpaired) electrons. The van der Waals surface area contributed by atoms with Crippen LogP contribution in [0, 0.1) is 0 Å². The molecule has 0 bridgehead atoms. The summed E-state index contributed by atoms with van der Waals surface area (Å²) in [5, 5.41) is 15.7. The van der Waals surface area contributed by atoms with E-state index >= 15 is 0 Å². The number of amides is 2. The summed E-state index contributed by atoms with van der Waals surface area (Å²) >= 11 is 0. The highest BCUT2D eigenvalue weighted by Crippen LogP contribution is 2.27. The number of H-pyrrole nitrogens is 1. The van der Waals surface area contributed by atoms with E-state index in [4.69, 9.17) is 4.74 Å². The molecule has 1 aliphatic heterocycles. The molecule has 4 N–H and O–H groups in total. The molecule has 1 aromatic carbocycles. The van der Waals surface area contributed by atoms with Gasteiger partial charge in [0.05, 0.1) is 12.5 Å². The van der Waals surface area contributed by atoms with E-state index in [1.54, 1.807) is 31.2 Å². The van der Waals surface area contributed by atoms with Crippen LogP contribution in [0.5, 0.6) is 0 Å². The van der Waals surface area contributed by atoms with Gasteiger partial charge in [0, 0.05) is 37.3 Å². The Morgan fingerprint density at radius 3 is 2.71 bits per heavy atom. The van der Waals surface area contributed by atoms with Gasteiger partial charge in [-0.05, 0) is 18.1 Å². The molecule has 3 atom stereocenters. The second-order valence-corrected chi connectivity index (χ2v) is 7.43. The van der Waals surface area contributed by atoms with Crippen molar-refractivity contribution in [1.29, 1.82) is 0 Å². The second kappa shape index (κ2) is 9.71. The minimum absolute atomic E-state index is 0.0436. The monoisotopic (exact) mass is 430 g/mol. The van der Waals surface area contributed by atoms with Crippen LogP contribution >= 0.6 is 0 Å². The number of nitrogens with one attached hydrogen (secondary N) is 3. The van der Waals surface area contributed by atoms with Gasteiger partial charge in [-0.3, -0.25) is 23.9 Å². The molecule has 10 nitrogen and oxygen atoms in total. The highest BCUT2D eigenvalue weighted by atomic mass is 16.5. The highest BCUT2D eigenvalue weighted by Gasteiger charge is 2.35. The van der Waals surface area contributed by atoms with Gasteiger partial charge in [0.2, 0.25) is 11.8 Å². The third-order valence-corrected chi connectivity index (χ3v) is 5.12. The number of hydrogen-bond donors (Lipinski definition) is 4. The zero-order valence-electron chi connectivity index (χ0n) is 17.4. The van der Waals surface area contributed by atoms with Crippen LogP contribution < -0.4 is 21.9 Å². The number of aromatic amines is 1. The third kappa shape index (κ3) is 5.47. The second-order valence-electron chi connectivity index (χ2n) is 7.43. The summed E-state index contributed by atoms with van der Waals surface area (Å²) in [6.45, 7) is 3.24. The lowest BCUT2D eigenvalue weighted by Crippen LogP contribution is -2.38. The largest absolute Gasteiger partial charge is 0.390 e. The van der Waals surface area contributed by atoms with Crippen LogP contribution in [0.4, 0.5) is 5.69 Å². The zero-order valence-corrected chi connectivity index (χ0v) is 17.4. The Labute approximate surface area is 178 Å². The van der Waals surface area contributed by atoms with E-state index in [-0.39, 0.29) is 31.2 Å². The SMILES string of the molecule is CCc1cn([C@@H]2CC(O)[C@H](CNC(=O)Cc3ccccc3NC(C)=O)O2)c(=O)[nH]c1=O. The van der Waals surface area contributed by atoms with E-state index < -0.39 is 29.7 Å². The van der Waals surface area contributed by atoms with Crippen LogP contribution in [0.2, 0.25) is 0 Å².